The first-order valence-corrected chi connectivity index (χ1v) is 13.3. The van der Waals surface area contributed by atoms with Crippen molar-refractivity contribution in [1.82, 2.24) is 4.57 Å². The van der Waals surface area contributed by atoms with Crippen LogP contribution in [0.5, 0.6) is 5.75 Å². The maximum absolute atomic E-state index is 13.9. The van der Waals surface area contributed by atoms with Gasteiger partial charge in [0.15, 0.2) is 4.80 Å². The molecular formula is C28H20BrN3O4S. The predicted octanol–water partition coefficient (Wildman–Crippen LogP) is 5.00. The standard InChI is InChI=1S/C28H20BrN3O4S/c1-36-23-12-10-19(29)13-18(23)15-24-27(33)31-26(17-6-4-7-20(14-17)32(34)35)22-11-9-16-5-2-3-8-21(16)25(22)30-28(31)37-24/h2-8,10,12-15,26H,9,11H2,1H3. The Morgan fingerprint density at radius 3 is 2.78 bits per heavy atom. The Hall–Kier alpha value is -3.82. The van der Waals surface area contributed by atoms with Crippen LogP contribution in [0.25, 0.3) is 11.8 Å². The van der Waals surface area contributed by atoms with E-state index in [2.05, 4.69) is 28.1 Å². The Kier molecular flexibility index (Phi) is 5.89. The number of rotatable bonds is 4. The van der Waals surface area contributed by atoms with Crippen LogP contribution in [0.3, 0.4) is 0 Å². The number of nitro groups is 1. The van der Waals surface area contributed by atoms with Crippen molar-refractivity contribution in [2.45, 2.75) is 18.9 Å². The Morgan fingerprint density at radius 2 is 1.97 bits per heavy atom. The molecule has 184 valence electrons. The number of allylic oxidation sites excluding steroid dienone is 1. The second-order valence-corrected chi connectivity index (χ2v) is 10.8. The third kappa shape index (κ3) is 4.04. The van der Waals surface area contributed by atoms with Gasteiger partial charge >= 0.3 is 0 Å². The van der Waals surface area contributed by atoms with Crippen molar-refractivity contribution in [3.05, 3.63) is 129 Å². The monoisotopic (exact) mass is 573 g/mol. The van der Waals surface area contributed by atoms with Crippen molar-refractivity contribution in [2.75, 3.05) is 7.11 Å². The van der Waals surface area contributed by atoms with Gasteiger partial charge in [-0.15, -0.1) is 0 Å². The smallest absolute Gasteiger partial charge is 0.271 e. The van der Waals surface area contributed by atoms with Crippen LogP contribution in [0.2, 0.25) is 0 Å². The average molecular weight is 574 g/mol. The molecule has 1 aromatic heterocycles. The van der Waals surface area contributed by atoms with Crippen LogP contribution >= 0.6 is 27.3 Å². The summed E-state index contributed by atoms with van der Waals surface area (Å²) < 4.78 is 8.57. The van der Waals surface area contributed by atoms with E-state index in [1.54, 1.807) is 23.8 Å². The van der Waals surface area contributed by atoms with Crippen LogP contribution in [-0.4, -0.2) is 16.6 Å². The molecule has 0 radical (unpaired) electrons. The van der Waals surface area contributed by atoms with Gasteiger partial charge in [-0.1, -0.05) is 63.7 Å². The normalized spacial score (nSPS) is 16.5. The molecule has 1 unspecified atom stereocenters. The summed E-state index contributed by atoms with van der Waals surface area (Å²) in [5.41, 5.74) is 5.38. The summed E-state index contributed by atoms with van der Waals surface area (Å²) in [6.45, 7) is 0. The molecule has 7 nitrogen and oxygen atoms in total. The molecule has 2 aliphatic rings. The van der Waals surface area contributed by atoms with E-state index in [-0.39, 0.29) is 11.2 Å². The Balaban J connectivity index is 1.64. The van der Waals surface area contributed by atoms with Crippen molar-refractivity contribution >= 4 is 44.7 Å². The zero-order chi connectivity index (χ0) is 25.7. The quantitative estimate of drug-likeness (QED) is 0.254. The second kappa shape index (κ2) is 9.24. The minimum Gasteiger partial charge on any atom is -0.496 e. The number of nitrogens with zero attached hydrogens (tertiary/aromatic N) is 3. The lowest BCUT2D eigenvalue weighted by Gasteiger charge is -2.30. The summed E-state index contributed by atoms with van der Waals surface area (Å²) in [5.74, 6) is 0.650. The highest BCUT2D eigenvalue weighted by Gasteiger charge is 2.33. The number of thiazole rings is 1. The van der Waals surface area contributed by atoms with Gasteiger partial charge in [-0.05, 0) is 53.8 Å². The molecule has 0 spiro atoms. The van der Waals surface area contributed by atoms with Crippen molar-refractivity contribution in [3.63, 3.8) is 0 Å². The number of aryl methyl sites for hydroxylation is 1. The Morgan fingerprint density at radius 1 is 1.14 bits per heavy atom. The van der Waals surface area contributed by atoms with Crippen LogP contribution in [-0.2, 0) is 6.42 Å². The molecule has 2 heterocycles. The minimum atomic E-state index is -0.480. The zero-order valence-corrected chi connectivity index (χ0v) is 22.1. The summed E-state index contributed by atoms with van der Waals surface area (Å²) in [5, 5.41) is 11.6. The van der Waals surface area contributed by atoms with Crippen LogP contribution in [0, 0.1) is 10.1 Å². The topological polar surface area (TPSA) is 86.7 Å². The van der Waals surface area contributed by atoms with Gasteiger partial charge in [0, 0.05) is 27.7 Å². The number of halogens is 1. The number of nitro benzene ring substituents is 1. The summed E-state index contributed by atoms with van der Waals surface area (Å²) in [6, 6.07) is 19.9. The fourth-order valence-corrected chi connectivity index (χ4v) is 6.46. The van der Waals surface area contributed by atoms with Crippen molar-refractivity contribution in [1.29, 1.82) is 0 Å². The number of hydrogen-bond donors (Lipinski definition) is 0. The van der Waals surface area contributed by atoms with E-state index in [1.165, 1.54) is 23.0 Å². The second-order valence-electron chi connectivity index (χ2n) is 8.85. The SMILES string of the molecule is COc1ccc(Br)cc1C=c1sc2n(c1=O)C(c1cccc([N+](=O)[O-])c1)C1=C(N=2)c2ccccc2CC1. The van der Waals surface area contributed by atoms with Gasteiger partial charge in [-0.2, -0.15) is 0 Å². The van der Waals surface area contributed by atoms with Gasteiger partial charge in [-0.3, -0.25) is 19.5 Å². The van der Waals surface area contributed by atoms with E-state index in [4.69, 9.17) is 9.73 Å². The van der Waals surface area contributed by atoms with Crippen LogP contribution < -0.4 is 19.6 Å². The molecule has 0 saturated carbocycles. The predicted molar refractivity (Wildman–Crippen MR) is 147 cm³/mol. The molecule has 1 aliphatic heterocycles. The molecule has 4 aromatic rings. The molecular weight excluding hydrogens is 554 g/mol. The van der Waals surface area contributed by atoms with E-state index >= 15 is 0 Å². The number of benzene rings is 3. The molecule has 6 rings (SSSR count). The molecule has 1 atom stereocenters. The number of methoxy groups -OCH3 is 1. The Bertz CT molecular complexity index is 1800. The lowest BCUT2D eigenvalue weighted by molar-refractivity contribution is -0.384. The first-order chi connectivity index (χ1) is 17.9. The van der Waals surface area contributed by atoms with E-state index in [1.807, 2.05) is 42.5 Å². The van der Waals surface area contributed by atoms with Gasteiger partial charge in [0.25, 0.3) is 11.2 Å². The summed E-state index contributed by atoms with van der Waals surface area (Å²) in [7, 11) is 1.59. The highest BCUT2D eigenvalue weighted by atomic mass is 79.9. The van der Waals surface area contributed by atoms with Gasteiger partial charge in [0.05, 0.1) is 28.3 Å². The average Bonchev–Trinajstić information content (AvgIpc) is 3.22. The van der Waals surface area contributed by atoms with Crippen molar-refractivity contribution < 1.29 is 9.66 Å². The molecule has 37 heavy (non-hydrogen) atoms. The van der Waals surface area contributed by atoms with E-state index in [0.29, 0.717) is 27.1 Å². The van der Waals surface area contributed by atoms with Crippen LogP contribution in [0.4, 0.5) is 5.69 Å². The largest absolute Gasteiger partial charge is 0.496 e. The lowest BCUT2D eigenvalue weighted by atomic mass is 9.83. The fourth-order valence-electron chi connectivity index (χ4n) is 5.09. The maximum Gasteiger partial charge on any atom is 0.271 e. The first kappa shape index (κ1) is 23.6. The molecule has 0 bridgehead atoms. The van der Waals surface area contributed by atoms with Gasteiger partial charge in [-0.25, -0.2) is 4.99 Å². The summed E-state index contributed by atoms with van der Waals surface area (Å²) in [6.07, 6.45) is 3.34. The highest BCUT2D eigenvalue weighted by molar-refractivity contribution is 9.10. The Labute approximate surface area is 224 Å². The molecule has 0 N–H and O–H groups in total. The third-order valence-electron chi connectivity index (χ3n) is 6.75. The number of non-ortho nitro benzene ring substituents is 1. The molecule has 3 aromatic carbocycles. The van der Waals surface area contributed by atoms with E-state index in [9.17, 15) is 14.9 Å². The molecule has 1 aliphatic carbocycles. The summed E-state index contributed by atoms with van der Waals surface area (Å²) in [4.78, 5) is 30.6. The van der Waals surface area contributed by atoms with Gasteiger partial charge in [0.1, 0.15) is 5.75 Å². The van der Waals surface area contributed by atoms with E-state index in [0.717, 1.165) is 33.3 Å². The van der Waals surface area contributed by atoms with Gasteiger partial charge in [0.2, 0.25) is 0 Å². The zero-order valence-electron chi connectivity index (χ0n) is 19.7. The maximum atomic E-state index is 13.9. The molecule has 0 amide bonds. The van der Waals surface area contributed by atoms with Gasteiger partial charge < -0.3 is 4.74 Å². The van der Waals surface area contributed by atoms with Crippen LogP contribution in [0.15, 0.2) is 86.6 Å². The fraction of sp³-hybridized carbons (Fsp3) is 0.143. The van der Waals surface area contributed by atoms with Crippen molar-refractivity contribution in [3.8, 4) is 5.75 Å². The lowest BCUT2D eigenvalue weighted by Crippen LogP contribution is -2.38. The third-order valence-corrected chi connectivity index (χ3v) is 8.22. The number of ether oxygens (including phenoxy) is 1. The summed E-state index contributed by atoms with van der Waals surface area (Å²) >= 11 is 4.80. The molecule has 0 saturated heterocycles. The number of hydrogen-bond acceptors (Lipinski definition) is 6. The number of fused-ring (bicyclic) bond motifs is 3. The molecule has 0 fully saturated rings. The highest BCUT2D eigenvalue weighted by Crippen LogP contribution is 2.41. The molecule has 9 heteroatoms. The number of aromatic nitrogens is 1. The first-order valence-electron chi connectivity index (χ1n) is 11.7. The minimum absolute atomic E-state index is 0.00569. The van der Waals surface area contributed by atoms with Crippen molar-refractivity contribution in [2.24, 2.45) is 4.99 Å². The van der Waals surface area contributed by atoms with E-state index < -0.39 is 11.0 Å². The van der Waals surface area contributed by atoms with Crippen LogP contribution in [0.1, 0.15) is 34.7 Å².